The van der Waals surface area contributed by atoms with E-state index in [0.717, 1.165) is 5.56 Å². The Kier molecular flexibility index (Phi) is 3.94. The topological polar surface area (TPSA) is 105 Å². The summed E-state index contributed by atoms with van der Waals surface area (Å²) in [6.07, 6.45) is 2.76. The lowest BCUT2D eigenvalue weighted by molar-refractivity contribution is 0.254. The molecule has 0 bridgehead atoms. The summed E-state index contributed by atoms with van der Waals surface area (Å²) in [4.78, 5) is 15.8. The van der Waals surface area contributed by atoms with E-state index in [1.807, 2.05) is 0 Å². The van der Waals surface area contributed by atoms with Gasteiger partial charge in [0.15, 0.2) is 21.3 Å². The van der Waals surface area contributed by atoms with Crippen LogP contribution < -0.4 is 10.6 Å². The van der Waals surface area contributed by atoms with Gasteiger partial charge in [-0.15, -0.1) is 0 Å². The highest BCUT2D eigenvalue weighted by Crippen LogP contribution is 2.20. The summed E-state index contributed by atoms with van der Waals surface area (Å²) in [6.45, 7) is 0. The summed E-state index contributed by atoms with van der Waals surface area (Å²) in [7, 11) is -1.71. The second-order valence-electron chi connectivity index (χ2n) is 5.15. The smallest absolute Gasteiger partial charge is 0.320 e. The largest absolute Gasteiger partial charge is 0.341 e. The van der Waals surface area contributed by atoms with Crippen molar-refractivity contribution in [1.29, 1.82) is 0 Å². The van der Waals surface area contributed by atoms with Gasteiger partial charge in [0.25, 0.3) is 0 Å². The van der Waals surface area contributed by atoms with E-state index in [0.29, 0.717) is 17.2 Å². The number of amides is 2. The first-order valence-corrected chi connectivity index (χ1v) is 8.91. The standard InChI is InChI=1S/C15H15N5O3S/c1-16-15(21)18-13-9-20-14(17-13)8-7-12(19-20)10-3-5-11(6-4-10)24(2,22)23/h3-9H,1-2H3,(H2,16,18,21). The molecule has 0 aliphatic heterocycles. The molecule has 0 aliphatic rings. The van der Waals surface area contributed by atoms with Crippen molar-refractivity contribution in [2.45, 2.75) is 4.90 Å². The maximum Gasteiger partial charge on any atom is 0.320 e. The minimum atomic E-state index is -3.23. The van der Waals surface area contributed by atoms with E-state index in [2.05, 4.69) is 20.7 Å². The number of hydrogen-bond acceptors (Lipinski definition) is 5. The number of sulfone groups is 1. The zero-order valence-electron chi connectivity index (χ0n) is 13.0. The predicted molar refractivity (Wildman–Crippen MR) is 89.6 cm³/mol. The number of fused-ring (bicyclic) bond motifs is 1. The molecule has 2 aromatic heterocycles. The van der Waals surface area contributed by atoms with E-state index in [-0.39, 0.29) is 10.9 Å². The van der Waals surface area contributed by atoms with Crippen LogP contribution in [0.4, 0.5) is 10.6 Å². The average molecular weight is 345 g/mol. The Labute approximate surface area is 138 Å². The van der Waals surface area contributed by atoms with Crippen LogP contribution in [-0.4, -0.2) is 42.4 Å². The Morgan fingerprint density at radius 3 is 2.46 bits per heavy atom. The molecule has 2 amide bonds. The molecule has 0 saturated heterocycles. The first-order valence-electron chi connectivity index (χ1n) is 7.02. The average Bonchev–Trinajstić information content (AvgIpc) is 2.95. The third-order valence-corrected chi connectivity index (χ3v) is 4.50. The summed E-state index contributed by atoms with van der Waals surface area (Å²) in [5, 5.41) is 9.44. The minimum Gasteiger partial charge on any atom is -0.341 e. The molecule has 0 unspecified atom stereocenters. The van der Waals surface area contributed by atoms with Gasteiger partial charge in [-0.3, -0.25) is 5.32 Å². The second-order valence-corrected chi connectivity index (χ2v) is 7.16. The predicted octanol–water partition coefficient (Wildman–Crippen LogP) is 1.55. The van der Waals surface area contributed by atoms with Gasteiger partial charge in [0.05, 0.1) is 16.8 Å². The Morgan fingerprint density at radius 1 is 1.12 bits per heavy atom. The molecule has 0 aliphatic carbocycles. The zero-order valence-corrected chi connectivity index (χ0v) is 13.8. The minimum absolute atomic E-state index is 0.257. The van der Waals surface area contributed by atoms with Crippen molar-refractivity contribution in [3.05, 3.63) is 42.6 Å². The fourth-order valence-corrected chi connectivity index (χ4v) is 2.78. The lowest BCUT2D eigenvalue weighted by Crippen LogP contribution is -2.24. The van der Waals surface area contributed by atoms with E-state index < -0.39 is 9.84 Å². The molecule has 2 heterocycles. The van der Waals surface area contributed by atoms with Crippen LogP contribution in [0.5, 0.6) is 0 Å². The molecule has 0 radical (unpaired) electrons. The maximum absolute atomic E-state index is 11.5. The van der Waals surface area contributed by atoms with Crippen molar-refractivity contribution in [3.8, 4) is 11.3 Å². The Balaban J connectivity index is 1.94. The second kappa shape index (κ2) is 5.93. The number of benzene rings is 1. The van der Waals surface area contributed by atoms with Crippen molar-refractivity contribution in [1.82, 2.24) is 19.9 Å². The first kappa shape index (κ1) is 15.9. The van der Waals surface area contributed by atoms with E-state index in [1.54, 1.807) is 47.1 Å². The van der Waals surface area contributed by atoms with Gasteiger partial charge in [0.1, 0.15) is 0 Å². The molecule has 1 aromatic carbocycles. The highest BCUT2D eigenvalue weighted by molar-refractivity contribution is 7.90. The Hall–Kier alpha value is -2.94. The van der Waals surface area contributed by atoms with Gasteiger partial charge < -0.3 is 5.32 Å². The van der Waals surface area contributed by atoms with Crippen LogP contribution in [0.1, 0.15) is 0 Å². The van der Waals surface area contributed by atoms with E-state index in [4.69, 9.17) is 0 Å². The van der Waals surface area contributed by atoms with Gasteiger partial charge in [-0.05, 0) is 24.3 Å². The molecule has 8 nitrogen and oxygen atoms in total. The molecule has 0 fully saturated rings. The third kappa shape index (κ3) is 3.20. The van der Waals surface area contributed by atoms with Crippen molar-refractivity contribution in [2.75, 3.05) is 18.6 Å². The molecule has 3 aromatic rings. The van der Waals surface area contributed by atoms with Gasteiger partial charge in [0.2, 0.25) is 0 Å². The maximum atomic E-state index is 11.5. The van der Waals surface area contributed by atoms with Crippen molar-refractivity contribution in [2.24, 2.45) is 0 Å². The molecule has 0 saturated carbocycles. The van der Waals surface area contributed by atoms with Crippen molar-refractivity contribution in [3.63, 3.8) is 0 Å². The molecule has 2 N–H and O–H groups in total. The zero-order chi connectivity index (χ0) is 17.3. The summed E-state index contributed by atoms with van der Waals surface area (Å²) in [5.41, 5.74) is 2.02. The lowest BCUT2D eigenvalue weighted by atomic mass is 10.1. The van der Waals surface area contributed by atoms with Crippen LogP contribution in [0.2, 0.25) is 0 Å². The van der Waals surface area contributed by atoms with Gasteiger partial charge in [0, 0.05) is 18.9 Å². The Bertz CT molecular complexity index is 1010. The number of carbonyl (C=O) groups excluding carboxylic acids is 1. The van der Waals surface area contributed by atoms with Crippen LogP contribution in [0, 0.1) is 0 Å². The fraction of sp³-hybridized carbons (Fsp3) is 0.133. The summed E-state index contributed by atoms with van der Waals surface area (Å²) in [6, 6.07) is 9.67. The monoisotopic (exact) mass is 345 g/mol. The first-order chi connectivity index (χ1) is 11.4. The lowest BCUT2D eigenvalue weighted by Gasteiger charge is -2.03. The van der Waals surface area contributed by atoms with E-state index in [9.17, 15) is 13.2 Å². The van der Waals surface area contributed by atoms with Crippen molar-refractivity contribution >= 4 is 27.3 Å². The van der Waals surface area contributed by atoms with Crippen LogP contribution in [0.3, 0.4) is 0 Å². The fourth-order valence-electron chi connectivity index (χ4n) is 2.15. The molecular weight excluding hydrogens is 330 g/mol. The number of nitrogens with one attached hydrogen (secondary N) is 2. The number of anilines is 1. The van der Waals surface area contributed by atoms with E-state index in [1.165, 1.54) is 13.3 Å². The highest BCUT2D eigenvalue weighted by atomic mass is 32.2. The number of aromatic nitrogens is 3. The molecule has 0 atom stereocenters. The SMILES string of the molecule is CNC(=O)Nc1cn2nc(-c3ccc(S(C)(=O)=O)cc3)ccc2n1. The van der Waals surface area contributed by atoms with Crippen LogP contribution >= 0.6 is 0 Å². The summed E-state index contributed by atoms with van der Waals surface area (Å²) < 4.78 is 24.6. The number of carbonyl (C=O) groups is 1. The number of imidazole rings is 1. The van der Waals surface area contributed by atoms with Crippen LogP contribution in [0.15, 0.2) is 47.5 Å². The number of nitrogens with zero attached hydrogens (tertiary/aromatic N) is 3. The molecule has 0 spiro atoms. The van der Waals surface area contributed by atoms with Crippen molar-refractivity contribution < 1.29 is 13.2 Å². The van der Waals surface area contributed by atoms with Gasteiger partial charge in [-0.25, -0.2) is 22.7 Å². The van der Waals surface area contributed by atoms with Crippen LogP contribution in [0.25, 0.3) is 16.9 Å². The number of rotatable bonds is 3. The molecular formula is C15H15N5O3S. The molecule has 24 heavy (non-hydrogen) atoms. The quantitative estimate of drug-likeness (QED) is 0.749. The van der Waals surface area contributed by atoms with Gasteiger partial charge >= 0.3 is 6.03 Å². The van der Waals surface area contributed by atoms with Gasteiger partial charge in [-0.2, -0.15) is 5.10 Å². The number of urea groups is 1. The normalized spacial score (nSPS) is 11.4. The molecule has 3 rings (SSSR count). The third-order valence-electron chi connectivity index (χ3n) is 3.37. The van der Waals surface area contributed by atoms with E-state index >= 15 is 0 Å². The van der Waals surface area contributed by atoms with Crippen LogP contribution in [-0.2, 0) is 9.84 Å². The number of hydrogen-bond donors (Lipinski definition) is 2. The Morgan fingerprint density at radius 2 is 1.83 bits per heavy atom. The summed E-state index contributed by atoms with van der Waals surface area (Å²) in [5.74, 6) is 0.381. The molecule has 9 heteroatoms. The van der Waals surface area contributed by atoms with Gasteiger partial charge in [-0.1, -0.05) is 12.1 Å². The highest BCUT2D eigenvalue weighted by Gasteiger charge is 2.09. The summed E-state index contributed by atoms with van der Waals surface area (Å²) >= 11 is 0. The molecule has 124 valence electrons.